The third-order valence-corrected chi connectivity index (χ3v) is 5.49. The standard InChI is InChI=1S/C19H14FN5O2S2/c1-11-21-16(27-24-11)10-28-15-5-3-2-4-14(15)18(26)23-19-22-17(25-29-19)12-6-8-13(20)9-7-12/h2-9H,10H2,1H3,(H,22,23,25,26). The molecule has 0 fully saturated rings. The Morgan fingerprint density at radius 2 is 1.97 bits per heavy atom. The van der Waals surface area contributed by atoms with E-state index in [1.807, 2.05) is 12.1 Å². The number of carbonyl (C=O) groups excluding carboxylic acids is 1. The topological polar surface area (TPSA) is 93.8 Å². The average Bonchev–Trinajstić information content (AvgIpc) is 3.36. The first-order valence-corrected chi connectivity index (χ1v) is 10.3. The highest BCUT2D eigenvalue weighted by atomic mass is 32.2. The molecule has 0 aliphatic carbocycles. The van der Waals surface area contributed by atoms with Crippen molar-refractivity contribution in [3.8, 4) is 11.4 Å². The number of hydrogen-bond acceptors (Lipinski definition) is 8. The van der Waals surface area contributed by atoms with E-state index >= 15 is 0 Å². The number of carbonyl (C=O) groups is 1. The van der Waals surface area contributed by atoms with E-state index in [9.17, 15) is 9.18 Å². The maximum absolute atomic E-state index is 13.1. The number of benzene rings is 2. The van der Waals surface area contributed by atoms with Crippen LogP contribution in [0.25, 0.3) is 11.4 Å². The summed E-state index contributed by atoms with van der Waals surface area (Å²) in [5, 5.41) is 6.89. The van der Waals surface area contributed by atoms with Gasteiger partial charge in [-0.15, -0.1) is 11.8 Å². The molecule has 1 N–H and O–H groups in total. The molecule has 0 saturated heterocycles. The fourth-order valence-corrected chi connectivity index (χ4v) is 3.95. The number of nitrogens with zero attached hydrogens (tertiary/aromatic N) is 4. The number of amides is 1. The highest BCUT2D eigenvalue weighted by Gasteiger charge is 2.15. The number of thioether (sulfide) groups is 1. The number of hydrogen-bond donors (Lipinski definition) is 1. The quantitative estimate of drug-likeness (QED) is 0.450. The zero-order valence-electron chi connectivity index (χ0n) is 15.1. The third-order valence-electron chi connectivity index (χ3n) is 3.80. The van der Waals surface area contributed by atoms with Gasteiger partial charge in [0.05, 0.1) is 11.3 Å². The predicted molar refractivity (Wildman–Crippen MR) is 108 cm³/mol. The van der Waals surface area contributed by atoms with E-state index in [1.165, 1.54) is 23.9 Å². The fourth-order valence-electron chi connectivity index (χ4n) is 2.47. The van der Waals surface area contributed by atoms with Crippen LogP contribution < -0.4 is 5.32 Å². The Kier molecular flexibility index (Phi) is 5.63. The van der Waals surface area contributed by atoms with Crippen LogP contribution in [0.5, 0.6) is 0 Å². The molecule has 0 aliphatic heterocycles. The number of aromatic nitrogens is 4. The van der Waals surface area contributed by atoms with Crippen LogP contribution in [0.2, 0.25) is 0 Å². The molecule has 1 amide bonds. The van der Waals surface area contributed by atoms with Gasteiger partial charge in [-0.3, -0.25) is 10.1 Å². The molecule has 0 saturated carbocycles. The lowest BCUT2D eigenvalue weighted by atomic mass is 10.2. The number of aryl methyl sites for hydroxylation is 1. The molecule has 0 radical (unpaired) electrons. The van der Waals surface area contributed by atoms with Gasteiger partial charge in [0.25, 0.3) is 5.91 Å². The molecule has 2 heterocycles. The van der Waals surface area contributed by atoms with Gasteiger partial charge in [0, 0.05) is 22.0 Å². The van der Waals surface area contributed by atoms with Gasteiger partial charge in [0.15, 0.2) is 11.6 Å². The molecule has 0 unspecified atom stereocenters. The number of nitrogens with one attached hydrogen (secondary N) is 1. The summed E-state index contributed by atoms with van der Waals surface area (Å²) in [6, 6.07) is 13.1. The van der Waals surface area contributed by atoms with Crippen molar-refractivity contribution in [3.05, 3.63) is 71.6 Å². The molecule has 0 spiro atoms. The van der Waals surface area contributed by atoms with Gasteiger partial charge in [-0.05, 0) is 43.3 Å². The van der Waals surface area contributed by atoms with Crippen LogP contribution in [0.4, 0.5) is 9.52 Å². The Labute approximate surface area is 173 Å². The molecule has 29 heavy (non-hydrogen) atoms. The minimum absolute atomic E-state index is 0.295. The van der Waals surface area contributed by atoms with Crippen molar-refractivity contribution in [1.29, 1.82) is 0 Å². The number of rotatable bonds is 6. The van der Waals surface area contributed by atoms with E-state index in [0.717, 1.165) is 16.4 Å². The monoisotopic (exact) mass is 427 g/mol. The Morgan fingerprint density at radius 1 is 1.17 bits per heavy atom. The van der Waals surface area contributed by atoms with Crippen molar-refractivity contribution in [2.45, 2.75) is 17.6 Å². The molecular weight excluding hydrogens is 413 g/mol. The number of halogens is 1. The first kappa shape index (κ1) is 19.2. The average molecular weight is 427 g/mol. The van der Waals surface area contributed by atoms with Gasteiger partial charge in [-0.2, -0.15) is 14.3 Å². The second kappa shape index (κ2) is 8.50. The zero-order valence-corrected chi connectivity index (χ0v) is 16.8. The van der Waals surface area contributed by atoms with E-state index in [0.29, 0.717) is 39.6 Å². The molecule has 2 aromatic heterocycles. The lowest BCUT2D eigenvalue weighted by Crippen LogP contribution is -2.12. The van der Waals surface area contributed by atoms with Crippen molar-refractivity contribution in [2.75, 3.05) is 5.32 Å². The van der Waals surface area contributed by atoms with Gasteiger partial charge in [0.1, 0.15) is 5.82 Å². The van der Waals surface area contributed by atoms with E-state index in [4.69, 9.17) is 4.52 Å². The highest BCUT2D eigenvalue weighted by Crippen LogP contribution is 2.27. The molecule has 2 aromatic carbocycles. The molecule has 0 bridgehead atoms. The molecule has 10 heteroatoms. The minimum atomic E-state index is -0.331. The first-order valence-electron chi connectivity index (χ1n) is 8.50. The summed E-state index contributed by atoms with van der Waals surface area (Å²) in [4.78, 5) is 22.0. The molecule has 0 aliphatic rings. The van der Waals surface area contributed by atoms with E-state index in [2.05, 4.69) is 24.8 Å². The Hall–Kier alpha value is -3.11. The van der Waals surface area contributed by atoms with Crippen LogP contribution >= 0.6 is 23.3 Å². The number of anilines is 1. The Balaban J connectivity index is 1.47. The van der Waals surface area contributed by atoms with Crippen molar-refractivity contribution < 1.29 is 13.7 Å². The summed E-state index contributed by atoms with van der Waals surface area (Å²) >= 11 is 2.49. The lowest BCUT2D eigenvalue weighted by molar-refractivity contribution is 0.102. The molecule has 0 atom stereocenters. The van der Waals surface area contributed by atoms with Gasteiger partial charge in [-0.25, -0.2) is 4.39 Å². The summed E-state index contributed by atoms with van der Waals surface area (Å²) in [6.07, 6.45) is 0. The second-order valence-corrected chi connectivity index (χ2v) is 7.67. The fraction of sp³-hybridized carbons (Fsp3) is 0.105. The maximum atomic E-state index is 13.1. The van der Waals surface area contributed by atoms with Crippen LogP contribution in [0.15, 0.2) is 57.9 Å². The van der Waals surface area contributed by atoms with E-state index in [-0.39, 0.29) is 11.7 Å². The smallest absolute Gasteiger partial charge is 0.258 e. The van der Waals surface area contributed by atoms with Crippen molar-refractivity contribution in [2.24, 2.45) is 0 Å². The first-order chi connectivity index (χ1) is 14.1. The molecular formula is C19H14FN5O2S2. The highest BCUT2D eigenvalue weighted by molar-refractivity contribution is 7.98. The maximum Gasteiger partial charge on any atom is 0.258 e. The Morgan fingerprint density at radius 3 is 2.72 bits per heavy atom. The van der Waals surface area contributed by atoms with Crippen LogP contribution in [0.1, 0.15) is 22.1 Å². The van der Waals surface area contributed by atoms with Crippen molar-refractivity contribution in [3.63, 3.8) is 0 Å². The van der Waals surface area contributed by atoms with Crippen molar-refractivity contribution in [1.82, 2.24) is 19.5 Å². The SMILES string of the molecule is Cc1noc(CSc2ccccc2C(=O)Nc2nc(-c3ccc(F)cc3)ns2)n1. The van der Waals surface area contributed by atoms with Gasteiger partial charge >= 0.3 is 0 Å². The van der Waals surface area contributed by atoms with Crippen LogP contribution in [-0.2, 0) is 5.75 Å². The summed E-state index contributed by atoms with van der Waals surface area (Å²) in [7, 11) is 0. The summed E-state index contributed by atoms with van der Waals surface area (Å²) < 4.78 is 22.4. The van der Waals surface area contributed by atoms with Gasteiger partial charge < -0.3 is 4.52 Å². The summed E-state index contributed by atoms with van der Waals surface area (Å²) in [5.74, 6) is 1.33. The van der Waals surface area contributed by atoms with Crippen LogP contribution in [0, 0.1) is 12.7 Å². The predicted octanol–water partition coefficient (Wildman–Crippen LogP) is 4.58. The van der Waals surface area contributed by atoms with E-state index in [1.54, 1.807) is 31.2 Å². The van der Waals surface area contributed by atoms with Crippen molar-refractivity contribution >= 4 is 34.3 Å². The van der Waals surface area contributed by atoms with Gasteiger partial charge in [-0.1, -0.05) is 17.3 Å². The molecule has 7 nitrogen and oxygen atoms in total. The zero-order chi connectivity index (χ0) is 20.2. The molecule has 4 rings (SSSR count). The van der Waals surface area contributed by atoms with Gasteiger partial charge in [0.2, 0.25) is 11.0 Å². The van der Waals surface area contributed by atoms with E-state index < -0.39 is 0 Å². The normalized spacial score (nSPS) is 10.8. The largest absolute Gasteiger partial charge is 0.338 e. The minimum Gasteiger partial charge on any atom is -0.338 e. The molecule has 146 valence electrons. The van der Waals surface area contributed by atoms with Crippen LogP contribution in [-0.4, -0.2) is 25.4 Å². The van der Waals surface area contributed by atoms with Crippen LogP contribution in [0.3, 0.4) is 0 Å². The molecule has 4 aromatic rings. The Bertz CT molecular complexity index is 1140. The third kappa shape index (κ3) is 4.66. The summed E-state index contributed by atoms with van der Waals surface area (Å²) in [5.41, 5.74) is 1.18. The second-order valence-electron chi connectivity index (χ2n) is 5.90. The summed E-state index contributed by atoms with van der Waals surface area (Å²) in [6.45, 7) is 1.75. The lowest BCUT2D eigenvalue weighted by Gasteiger charge is -2.07.